The number of H-pyrrole nitrogens is 1. The van der Waals surface area contributed by atoms with Crippen molar-refractivity contribution in [3.8, 4) is 23.1 Å². The Kier molecular flexibility index (Phi) is 3.34. The zero-order valence-corrected chi connectivity index (χ0v) is 14.9. The quantitative estimate of drug-likeness (QED) is 0.582. The van der Waals surface area contributed by atoms with E-state index in [-0.39, 0.29) is 0 Å². The fraction of sp³-hybridized carbons (Fsp3) is 0.250. The Morgan fingerprint density at radius 2 is 2.15 bits per heavy atom. The molecule has 7 nitrogen and oxygen atoms in total. The zero-order chi connectivity index (χ0) is 18.5. The number of nitriles is 1. The fourth-order valence-electron chi connectivity index (χ4n) is 3.40. The lowest BCUT2D eigenvalue weighted by Crippen LogP contribution is -2.00. The number of hydrogen-bond donors (Lipinski definition) is 2. The van der Waals surface area contributed by atoms with Gasteiger partial charge < -0.3 is 10.5 Å². The molecule has 5 rings (SSSR count). The first-order chi connectivity index (χ1) is 13.1. The van der Waals surface area contributed by atoms with Crippen molar-refractivity contribution in [1.82, 2.24) is 20.0 Å². The first-order valence-corrected chi connectivity index (χ1v) is 8.91. The second-order valence-corrected chi connectivity index (χ2v) is 7.07. The molecule has 0 radical (unpaired) electrons. The van der Waals surface area contributed by atoms with Crippen LogP contribution in [0.3, 0.4) is 0 Å². The number of rotatable bonds is 4. The van der Waals surface area contributed by atoms with Crippen LogP contribution in [0.15, 0.2) is 30.3 Å². The average molecular weight is 358 g/mol. The minimum Gasteiger partial charge on any atom is -0.492 e. The number of nitrogen functional groups attached to an aromatic ring is 1. The van der Waals surface area contributed by atoms with Gasteiger partial charge in [-0.05, 0) is 43.0 Å². The molecular weight excluding hydrogens is 340 g/mol. The minimum absolute atomic E-state index is 0.495. The van der Waals surface area contributed by atoms with Crippen LogP contribution < -0.4 is 10.5 Å². The van der Waals surface area contributed by atoms with Crippen LogP contribution in [0.25, 0.3) is 33.1 Å². The number of ether oxygens (including phenoxy) is 1. The van der Waals surface area contributed by atoms with E-state index >= 15 is 0 Å². The van der Waals surface area contributed by atoms with E-state index in [1.165, 1.54) is 12.8 Å². The number of hydrogen-bond acceptors (Lipinski definition) is 5. The predicted molar refractivity (Wildman–Crippen MR) is 103 cm³/mol. The molecule has 27 heavy (non-hydrogen) atoms. The molecule has 134 valence electrons. The maximum Gasteiger partial charge on any atom is 0.153 e. The van der Waals surface area contributed by atoms with E-state index in [0.717, 1.165) is 33.1 Å². The largest absolute Gasteiger partial charge is 0.492 e. The van der Waals surface area contributed by atoms with E-state index in [1.54, 1.807) is 10.7 Å². The molecule has 2 aromatic heterocycles. The van der Waals surface area contributed by atoms with Crippen molar-refractivity contribution in [2.45, 2.75) is 12.8 Å². The van der Waals surface area contributed by atoms with Crippen LogP contribution in [0.2, 0.25) is 0 Å². The van der Waals surface area contributed by atoms with Gasteiger partial charge in [0.2, 0.25) is 0 Å². The molecule has 0 spiro atoms. The highest BCUT2D eigenvalue weighted by atomic mass is 16.5. The number of nitrogens with one attached hydrogen (secondary N) is 1. The summed E-state index contributed by atoms with van der Waals surface area (Å²) in [6, 6.07) is 11.9. The third kappa shape index (κ3) is 2.57. The van der Waals surface area contributed by atoms with E-state index < -0.39 is 0 Å². The molecule has 2 aromatic carbocycles. The van der Waals surface area contributed by atoms with Crippen LogP contribution >= 0.6 is 0 Å². The number of benzene rings is 2. The van der Waals surface area contributed by atoms with Gasteiger partial charge in [0.25, 0.3) is 0 Å². The van der Waals surface area contributed by atoms with E-state index in [2.05, 4.69) is 21.4 Å². The van der Waals surface area contributed by atoms with Gasteiger partial charge in [-0.3, -0.25) is 9.78 Å². The fourth-order valence-corrected chi connectivity index (χ4v) is 3.40. The summed E-state index contributed by atoms with van der Waals surface area (Å²) < 4.78 is 7.68. The summed E-state index contributed by atoms with van der Waals surface area (Å²) in [5, 5.41) is 23.0. The highest BCUT2D eigenvalue weighted by Crippen LogP contribution is 2.35. The SMILES string of the molecule is Cn1nc(N)c2cc(-c3n[nH]c4cc(C#N)c(OCC5CC5)cc34)ccc21. The van der Waals surface area contributed by atoms with Gasteiger partial charge in [0.05, 0.1) is 23.2 Å². The van der Waals surface area contributed by atoms with Gasteiger partial charge in [0, 0.05) is 23.4 Å². The predicted octanol–water partition coefficient (Wildman–Crippen LogP) is 3.36. The second kappa shape index (κ2) is 5.74. The molecule has 1 fully saturated rings. The third-order valence-corrected chi connectivity index (χ3v) is 5.11. The number of aromatic nitrogens is 4. The number of fused-ring (bicyclic) bond motifs is 2. The maximum absolute atomic E-state index is 9.45. The molecule has 0 amide bonds. The summed E-state index contributed by atoms with van der Waals surface area (Å²) in [4.78, 5) is 0. The Hall–Kier alpha value is -3.53. The summed E-state index contributed by atoms with van der Waals surface area (Å²) in [6.45, 7) is 0.658. The maximum atomic E-state index is 9.45. The van der Waals surface area contributed by atoms with Crippen molar-refractivity contribution >= 4 is 27.6 Å². The molecule has 1 aliphatic carbocycles. The molecule has 4 aromatic rings. The van der Waals surface area contributed by atoms with Crippen LogP contribution in [-0.2, 0) is 7.05 Å². The highest BCUT2D eigenvalue weighted by Gasteiger charge is 2.23. The lowest BCUT2D eigenvalue weighted by atomic mass is 10.0. The Morgan fingerprint density at radius 3 is 2.93 bits per heavy atom. The summed E-state index contributed by atoms with van der Waals surface area (Å²) in [6.07, 6.45) is 2.40. The van der Waals surface area contributed by atoms with E-state index in [4.69, 9.17) is 10.5 Å². The normalized spacial score (nSPS) is 13.9. The number of aryl methyl sites for hydroxylation is 1. The molecule has 0 bridgehead atoms. The standard InChI is InChI=1S/C20H18N6O/c1-26-17-5-4-12(6-15(17)20(22)25-26)19-14-8-18(27-10-11-2-3-11)13(9-21)7-16(14)23-24-19/h4-8,11H,2-3,10H2,1H3,(H2,22,25)(H,23,24). The lowest BCUT2D eigenvalue weighted by molar-refractivity contribution is 0.299. The lowest BCUT2D eigenvalue weighted by Gasteiger charge is -2.08. The number of nitrogens with two attached hydrogens (primary N) is 1. The Morgan fingerprint density at radius 1 is 1.30 bits per heavy atom. The number of anilines is 1. The topological polar surface area (TPSA) is 106 Å². The molecule has 2 heterocycles. The van der Waals surface area contributed by atoms with Gasteiger partial charge in [-0.2, -0.15) is 15.5 Å². The van der Waals surface area contributed by atoms with Crippen molar-refractivity contribution in [2.75, 3.05) is 12.3 Å². The van der Waals surface area contributed by atoms with Crippen LogP contribution in [0, 0.1) is 17.2 Å². The van der Waals surface area contributed by atoms with Gasteiger partial charge in [-0.25, -0.2) is 0 Å². The molecule has 0 atom stereocenters. The van der Waals surface area contributed by atoms with E-state index in [9.17, 15) is 5.26 Å². The Labute approximate surface area is 155 Å². The van der Waals surface area contributed by atoms with Crippen molar-refractivity contribution in [1.29, 1.82) is 5.26 Å². The third-order valence-electron chi connectivity index (χ3n) is 5.11. The van der Waals surface area contributed by atoms with Crippen LogP contribution in [0.1, 0.15) is 18.4 Å². The summed E-state index contributed by atoms with van der Waals surface area (Å²) in [5.41, 5.74) is 10.1. The highest BCUT2D eigenvalue weighted by molar-refractivity contribution is 5.99. The smallest absolute Gasteiger partial charge is 0.153 e. The first-order valence-electron chi connectivity index (χ1n) is 8.91. The molecule has 0 aliphatic heterocycles. The molecule has 1 saturated carbocycles. The summed E-state index contributed by atoms with van der Waals surface area (Å²) in [7, 11) is 1.87. The number of nitrogens with zero attached hydrogens (tertiary/aromatic N) is 4. The van der Waals surface area contributed by atoms with E-state index in [1.807, 2.05) is 31.3 Å². The van der Waals surface area contributed by atoms with Crippen LogP contribution in [0.5, 0.6) is 5.75 Å². The van der Waals surface area contributed by atoms with E-state index in [0.29, 0.717) is 29.7 Å². The van der Waals surface area contributed by atoms with Gasteiger partial charge in [-0.1, -0.05) is 6.07 Å². The average Bonchev–Trinajstić information content (AvgIpc) is 3.35. The summed E-state index contributed by atoms with van der Waals surface area (Å²) in [5.74, 6) is 1.72. The van der Waals surface area contributed by atoms with Crippen LogP contribution in [-0.4, -0.2) is 26.6 Å². The van der Waals surface area contributed by atoms with Crippen molar-refractivity contribution in [3.63, 3.8) is 0 Å². The number of aromatic amines is 1. The zero-order valence-electron chi connectivity index (χ0n) is 14.9. The van der Waals surface area contributed by atoms with Crippen molar-refractivity contribution in [3.05, 3.63) is 35.9 Å². The van der Waals surface area contributed by atoms with Crippen LogP contribution in [0.4, 0.5) is 5.82 Å². The minimum atomic E-state index is 0.495. The monoisotopic (exact) mass is 358 g/mol. The molecular formula is C20H18N6O. The Bertz CT molecular complexity index is 1220. The van der Waals surface area contributed by atoms with Gasteiger partial charge >= 0.3 is 0 Å². The van der Waals surface area contributed by atoms with Crippen molar-refractivity contribution in [2.24, 2.45) is 13.0 Å². The molecule has 7 heteroatoms. The molecule has 0 unspecified atom stereocenters. The van der Waals surface area contributed by atoms with Gasteiger partial charge in [0.1, 0.15) is 17.5 Å². The van der Waals surface area contributed by atoms with Gasteiger partial charge in [0.15, 0.2) is 5.82 Å². The second-order valence-electron chi connectivity index (χ2n) is 7.07. The molecule has 1 aliphatic rings. The van der Waals surface area contributed by atoms with Crippen molar-refractivity contribution < 1.29 is 4.74 Å². The first kappa shape index (κ1) is 15.7. The molecule has 0 saturated heterocycles. The van der Waals surface area contributed by atoms with Gasteiger partial charge in [-0.15, -0.1) is 0 Å². The summed E-state index contributed by atoms with van der Waals surface area (Å²) >= 11 is 0. The Balaban J connectivity index is 1.63. The molecule has 3 N–H and O–H groups in total.